The first kappa shape index (κ1) is 9.04. The molecule has 13 heavy (non-hydrogen) atoms. The summed E-state index contributed by atoms with van der Waals surface area (Å²) in [6.45, 7) is 1.90. The summed E-state index contributed by atoms with van der Waals surface area (Å²) in [6, 6.07) is 0. The molecule has 2 aliphatic rings. The number of carbonyl (C=O) groups is 1. The lowest BCUT2D eigenvalue weighted by atomic mass is 9.49. The molecular weight excluding hydrogens is 164 g/mol. The summed E-state index contributed by atoms with van der Waals surface area (Å²) in [7, 11) is 0. The van der Waals surface area contributed by atoms with Crippen LogP contribution in [0, 0.1) is 10.8 Å². The third kappa shape index (κ3) is 1.36. The molecule has 2 saturated carbocycles. The Bertz CT molecular complexity index is 218. The maximum Gasteiger partial charge on any atom is 0.309 e. The Kier molecular flexibility index (Phi) is 1.90. The molecule has 2 fully saturated rings. The average Bonchev–Trinajstić information content (AvgIpc) is 2.03. The highest BCUT2D eigenvalue weighted by Crippen LogP contribution is 2.60. The first-order valence-corrected chi connectivity index (χ1v) is 5.30. The topological polar surface area (TPSA) is 37.3 Å². The van der Waals surface area contributed by atoms with E-state index in [9.17, 15) is 4.79 Å². The van der Waals surface area contributed by atoms with Gasteiger partial charge in [0.1, 0.15) is 0 Å². The van der Waals surface area contributed by atoms with Gasteiger partial charge in [-0.25, -0.2) is 0 Å². The van der Waals surface area contributed by atoms with Crippen molar-refractivity contribution in [1.82, 2.24) is 0 Å². The lowest BCUT2D eigenvalue weighted by Gasteiger charge is -2.54. The molecule has 0 saturated heterocycles. The number of aliphatic carboxylic acids is 1. The first-order valence-electron chi connectivity index (χ1n) is 5.30. The summed E-state index contributed by atoms with van der Waals surface area (Å²) in [6.07, 6.45) is 8.38. The second kappa shape index (κ2) is 2.73. The third-order valence-electron chi connectivity index (χ3n) is 3.96. The van der Waals surface area contributed by atoms with Crippen LogP contribution in [0.15, 0.2) is 0 Å². The van der Waals surface area contributed by atoms with Crippen LogP contribution < -0.4 is 0 Å². The fraction of sp³-hybridized carbons (Fsp3) is 0.909. The van der Waals surface area contributed by atoms with E-state index in [-0.39, 0.29) is 0 Å². The maximum absolute atomic E-state index is 10.9. The average molecular weight is 182 g/mol. The van der Waals surface area contributed by atoms with Crippen molar-refractivity contribution in [2.45, 2.75) is 51.9 Å². The van der Waals surface area contributed by atoms with Gasteiger partial charge in [-0.3, -0.25) is 4.79 Å². The number of carboxylic acids is 1. The van der Waals surface area contributed by atoms with Crippen LogP contribution in [0.2, 0.25) is 0 Å². The quantitative estimate of drug-likeness (QED) is 0.677. The molecule has 2 rings (SSSR count). The minimum absolute atomic E-state index is 0.392. The van der Waals surface area contributed by atoms with Gasteiger partial charge in [0, 0.05) is 0 Å². The molecule has 1 N–H and O–H groups in total. The fourth-order valence-electron chi connectivity index (χ4n) is 3.41. The minimum Gasteiger partial charge on any atom is -0.481 e. The molecule has 0 unspecified atom stereocenters. The van der Waals surface area contributed by atoms with Crippen LogP contribution in [0.4, 0.5) is 0 Å². The highest BCUT2D eigenvalue weighted by Gasteiger charge is 2.55. The van der Waals surface area contributed by atoms with Crippen LogP contribution >= 0.6 is 0 Å². The first-order chi connectivity index (χ1) is 6.06. The number of hydrogen-bond donors (Lipinski definition) is 1. The summed E-state index contributed by atoms with van der Waals surface area (Å²) >= 11 is 0. The van der Waals surface area contributed by atoms with E-state index in [1.165, 1.54) is 32.1 Å². The fourth-order valence-corrected chi connectivity index (χ4v) is 3.41. The predicted molar refractivity (Wildman–Crippen MR) is 50.5 cm³/mol. The summed E-state index contributed by atoms with van der Waals surface area (Å²) in [5.41, 5.74) is 0.0444. The van der Waals surface area contributed by atoms with Crippen molar-refractivity contribution < 1.29 is 9.90 Å². The Morgan fingerprint density at radius 2 is 1.69 bits per heavy atom. The van der Waals surface area contributed by atoms with Crippen molar-refractivity contribution in [3.8, 4) is 0 Å². The molecule has 0 aliphatic heterocycles. The summed E-state index contributed by atoms with van der Waals surface area (Å²) in [5.74, 6) is -0.594. The minimum atomic E-state index is -0.594. The van der Waals surface area contributed by atoms with Crippen molar-refractivity contribution in [1.29, 1.82) is 0 Å². The van der Waals surface area contributed by atoms with Gasteiger partial charge in [-0.05, 0) is 38.0 Å². The van der Waals surface area contributed by atoms with E-state index < -0.39 is 11.4 Å². The number of rotatable bonds is 1. The molecule has 0 aromatic heterocycles. The van der Waals surface area contributed by atoms with Crippen LogP contribution in [0.3, 0.4) is 0 Å². The monoisotopic (exact) mass is 182 g/mol. The standard InChI is InChI=1S/C11H18O2/c1-10(9(12)13)7-11(8-10)5-3-2-4-6-11/h2-8H2,1H3,(H,12,13). The van der Waals surface area contributed by atoms with Gasteiger partial charge in [0.05, 0.1) is 5.41 Å². The lowest BCUT2D eigenvalue weighted by Crippen LogP contribution is -2.50. The van der Waals surface area contributed by atoms with Crippen LogP contribution in [0.25, 0.3) is 0 Å². The molecule has 0 amide bonds. The number of carboxylic acid groups (broad SMARTS) is 1. The largest absolute Gasteiger partial charge is 0.481 e. The summed E-state index contributed by atoms with van der Waals surface area (Å²) in [4.78, 5) is 10.9. The summed E-state index contributed by atoms with van der Waals surface area (Å²) in [5, 5.41) is 9.01. The van der Waals surface area contributed by atoms with E-state index >= 15 is 0 Å². The van der Waals surface area contributed by atoms with Gasteiger partial charge in [0.15, 0.2) is 0 Å². The van der Waals surface area contributed by atoms with E-state index in [1.807, 2.05) is 6.92 Å². The van der Waals surface area contributed by atoms with Gasteiger partial charge >= 0.3 is 5.97 Å². The molecule has 0 radical (unpaired) electrons. The molecule has 0 bridgehead atoms. The van der Waals surface area contributed by atoms with Crippen LogP contribution in [-0.2, 0) is 4.79 Å². The maximum atomic E-state index is 10.9. The molecule has 74 valence electrons. The van der Waals surface area contributed by atoms with Gasteiger partial charge in [-0.2, -0.15) is 0 Å². The van der Waals surface area contributed by atoms with Gasteiger partial charge < -0.3 is 5.11 Å². The molecule has 2 nitrogen and oxygen atoms in total. The Labute approximate surface area is 79.3 Å². The van der Waals surface area contributed by atoms with Crippen molar-refractivity contribution in [2.24, 2.45) is 10.8 Å². The highest BCUT2D eigenvalue weighted by molar-refractivity contribution is 5.75. The van der Waals surface area contributed by atoms with Gasteiger partial charge in [0.25, 0.3) is 0 Å². The SMILES string of the molecule is CC1(C(=O)O)CC2(CCCCC2)C1. The normalized spacial score (nSPS) is 29.6. The second-order valence-electron chi connectivity index (χ2n) is 5.28. The van der Waals surface area contributed by atoms with Crippen LogP contribution in [-0.4, -0.2) is 11.1 Å². The third-order valence-corrected chi connectivity index (χ3v) is 3.96. The zero-order valence-corrected chi connectivity index (χ0v) is 8.31. The zero-order valence-electron chi connectivity index (χ0n) is 8.31. The van der Waals surface area contributed by atoms with E-state index in [4.69, 9.17) is 5.11 Å². The van der Waals surface area contributed by atoms with E-state index in [1.54, 1.807) is 0 Å². The molecule has 2 aliphatic carbocycles. The van der Waals surface area contributed by atoms with E-state index in [0.717, 1.165) is 12.8 Å². The second-order valence-corrected chi connectivity index (χ2v) is 5.28. The van der Waals surface area contributed by atoms with Gasteiger partial charge in [-0.15, -0.1) is 0 Å². The van der Waals surface area contributed by atoms with Crippen LogP contribution in [0.1, 0.15) is 51.9 Å². The van der Waals surface area contributed by atoms with Crippen molar-refractivity contribution in [3.63, 3.8) is 0 Å². The molecule has 0 aromatic carbocycles. The molecule has 0 atom stereocenters. The smallest absolute Gasteiger partial charge is 0.309 e. The van der Waals surface area contributed by atoms with E-state index in [0.29, 0.717) is 5.41 Å². The Morgan fingerprint density at radius 1 is 1.15 bits per heavy atom. The lowest BCUT2D eigenvalue weighted by molar-refractivity contribution is -0.166. The van der Waals surface area contributed by atoms with Gasteiger partial charge in [-0.1, -0.05) is 19.3 Å². The van der Waals surface area contributed by atoms with Crippen molar-refractivity contribution in [2.75, 3.05) is 0 Å². The molecular formula is C11H18O2. The predicted octanol–water partition coefficient (Wildman–Crippen LogP) is 2.82. The molecule has 0 aromatic rings. The zero-order chi connectivity index (χ0) is 9.53. The Morgan fingerprint density at radius 3 is 2.15 bits per heavy atom. The van der Waals surface area contributed by atoms with E-state index in [2.05, 4.69) is 0 Å². The summed E-state index contributed by atoms with van der Waals surface area (Å²) < 4.78 is 0. The molecule has 1 spiro atoms. The highest BCUT2D eigenvalue weighted by atomic mass is 16.4. The van der Waals surface area contributed by atoms with Crippen molar-refractivity contribution in [3.05, 3.63) is 0 Å². The van der Waals surface area contributed by atoms with Crippen molar-refractivity contribution >= 4 is 5.97 Å². The molecule has 0 heterocycles. The van der Waals surface area contributed by atoms with Crippen LogP contribution in [0.5, 0.6) is 0 Å². The Hall–Kier alpha value is -0.530. The Balaban J connectivity index is 1.98. The molecule has 2 heteroatoms. The van der Waals surface area contributed by atoms with Gasteiger partial charge in [0.2, 0.25) is 0 Å². The number of hydrogen-bond acceptors (Lipinski definition) is 1.